The summed E-state index contributed by atoms with van der Waals surface area (Å²) in [7, 11) is 0. The second kappa shape index (κ2) is 7.84. The molecule has 1 fully saturated rings. The molecular formula is C14H19Cl2N3O. The first-order valence-electron chi connectivity index (χ1n) is 6.83. The summed E-state index contributed by atoms with van der Waals surface area (Å²) < 4.78 is 0. The second-order valence-corrected chi connectivity index (χ2v) is 5.67. The van der Waals surface area contributed by atoms with E-state index in [1.807, 2.05) is 0 Å². The molecule has 0 saturated carbocycles. The molecule has 2 rings (SSSR count). The molecule has 1 aliphatic heterocycles. The van der Waals surface area contributed by atoms with Gasteiger partial charge in [-0.3, -0.25) is 4.79 Å². The quantitative estimate of drug-likeness (QED) is 0.817. The summed E-state index contributed by atoms with van der Waals surface area (Å²) in [5, 5.41) is 7.13. The Labute approximate surface area is 129 Å². The molecule has 1 aromatic carbocycles. The molecule has 0 aliphatic carbocycles. The predicted octanol–water partition coefficient (Wildman–Crippen LogP) is 2.02. The SMILES string of the molecule is O=C(NCCCN1CCNCC1)c1ccc(Cl)cc1Cl. The first-order valence-corrected chi connectivity index (χ1v) is 7.59. The minimum atomic E-state index is -0.146. The van der Waals surface area contributed by atoms with E-state index >= 15 is 0 Å². The van der Waals surface area contributed by atoms with Crippen LogP contribution in [0.4, 0.5) is 0 Å². The summed E-state index contributed by atoms with van der Waals surface area (Å²) in [4.78, 5) is 14.4. The summed E-state index contributed by atoms with van der Waals surface area (Å²) in [5.74, 6) is -0.146. The van der Waals surface area contributed by atoms with Gasteiger partial charge in [-0.1, -0.05) is 23.2 Å². The van der Waals surface area contributed by atoms with Crippen LogP contribution in [0.3, 0.4) is 0 Å². The van der Waals surface area contributed by atoms with Gasteiger partial charge in [0.2, 0.25) is 0 Å². The molecule has 1 saturated heterocycles. The number of benzene rings is 1. The van der Waals surface area contributed by atoms with Gasteiger partial charge in [0.25, 0.3) is 5.91 Å². The van der Waals surface area contributed by atoms with E-state index in [1.54, 1.807) is 18.2 Å². The first-order chi connectivity index (χ1) is 9.66. The van der Waals surface area contributed by atoms with E-state index in [0.717, 1.165) is 39.1 Å². The number of rotatable bonds is 5. The molecule has 0 bridgehead atoms. The van der Waals surface area contributed by atoms with Crippen molar-refractivity contribution >= 4 is 29.1 Å². The lowest BCUT2D eigenvalue weighted by atomic mass is 10.2. The topological polar surface area (TPSA) is 44.4 Å². The molecule has 0 unspecified atom stereocenters. The largest absolute Gasteiger partial charge is 0.352 e. The number of amides is 1. The fourth-order valence-electron chi connectivity index (χ4n) is 2.21. The van der Waals surface area contributed by atoms with E-state index in [-0.39, 0.29) is 5.91 Å². The van der Waals surface area contributed by atoms with Crippen LogP contribution in [0, 0.1) is 0 Å². The van der Waals surface area contributed by atoms with Gasteiger partial charge in [-0.05, 0) is 31.2 Å². The van der Waals surface area contributed by atoms with Crippen molar-refractivity contribution in [1.82, 2.24) is 15.5 Å². The molecule has 0 atom stereocenters. The van der Waals surface area contributed by atoms with Crippen molar-refractivity contribution in [1.29, 1.82) is 0 Å². The maximum absolute atomic E-state index is 12.0. The Hall–Kier alpha value is -0.810. The first kappa shape index (κ1) is 15.6. The Morgan fingerprint density at radius 3 is 2.75 bits per heavy atom. The number of hydrogen-bond donors (Lipinski definition) is 2. The Morgan fingerprint density at radius 2 is 2.05 bits per heavy atom. The van der Waals surface area contributed by atoms with Crippen molar-refractivity contribution < 1.29 is 4.79 Å². The lowest BCUT2D eigenvalue weighted by Gasteiger charge is -2.27. The van der Waals surface area contributed by atoms with Gasteiger partial charge in [0.05, 0.1) is 10.6 Å². The van der Waals surface area contributed by atoms with E-state index in [0.29, 0.717) is 22.2 Å². The third-order valence-corrected chi connectivity index (χ3v) is 3.87. The number of nitrogens with one attached hydrogen (secondary N) is 2. The van der Waals surface area contributed by atoms with Crippen LogP contribution >= 0.6 is 23.2 Å². The zero-order chi connectivity index (χ0) is 14.4. The van der Waals surface area contributed by atoms with E-state index in [4.69, 9.17) is 23.2 Å². The maximum Gasteiger partial charge on any atom is 0.252 e. The maximum atomic E-state index is 12.0. The molecule has 1 heterocycles. The highest BCUT2D eigenvalue weighted by Crippen LogP contribution is 2.20. The zero-order valence-electron chi connectivity index (χ0n) is 11.3. The number of carbonyl (C=O) groups is 1. The van der Waals surface area contributed by atoms with Gasteiger partial charge in [0.15, 0.2) is 0 Å². The van der Waals surface area contributed by atoms with Crippen LogP contribution in [-0.2, 0) is 0 Å². The standard InChI is InChI=1S/C14H19Cl2N3O/c15-11-2-3-12(13(16)10-11)14(20)18-4-1-7-19-8-5-17-6-9-19/h2-3,10,17H,1,4-9H2,(H,18,20). The van der Waals surface area contributed by atoms with Crippen LogP contribution in [-0.4, -0.2) is 50.1 Å². The molecule has 4 nitrogen and oxygen atoms in total. The van der Waals surface area contributed by atoms with Gasteiger partial charge >= 0.3 is 0 Å². The highest BCUT2D eigenvalue weighted by Gasteiger charge is 2.11. The van der Waals surface area contributed by atoms with E-state index < -0.39 is 0 Å². The van der Waals surface area contributed by atoms with Crippen LogP contribution in [0.1, 0.15) is 16.8 Å². The average Bonchev–Trinajstić information content (AvgIpc) is 2.44. The highest BCUT2D eigenvalue weighted by molar-refractivity contribution is 6.36. The van der Waals surface area contributed by atoms with Gasteiger partial charge in [-0.15, -0.1) is 0 Å². The lowest BCUT2D eigenvalue weighted by molar-refractivity contribution is 0.0951. The molecule has 6 heteroatoms. The normalized spacial score (nSPS) is 16.1. The molecular weight excluding hydrogens is 297 g/mol. The summed E-state index contributed by atoms with van der Waals surface area (Å²) in [5.41, 5.74) is 0.471. The van der Waals surface area contributed by atoms with E-state index in [1.165, 1.54) is 0 Å². The average molecular weight is 316 g/mol. The van der Waals surface area contributed by atoms with E-state index in [9.17, 15) is 4.79 Å². The van der Waals surface area contributed by atoms with Gasteiger partial charge in [0.1, 0.15) is 0 Å². The van der Waals surface area contributed by atoms with Gasteiger partial charge in [0, 0.05) is 37.7 Å². The molecule has 1 aromatic rings. The summed E-state index contributed by atoms with van der Waals surface area (Å²) >= 11 is 11.8. The van der Waals surface area contributed by atoms with Crippen molar-refractivity contribution in [3.63, 3.8) is 0 Å². The van der Waals surface area contributed by atoms with Gasteiger partial charge in [-0.2, -0.15) is 0 Å². The molecule has 110 valence electrons. The Balaban J connectivity index is 1.72. The summed E-state index contributed by atoms with van der Waals surface area (Å²) in [6.07, 6.45) is 0.941. The van der Waals surface area contributed by atoms with Crippen molar-refractivity contribution in [3.05, 3.63) is 33.8 Å². The van der Waals surface area contributed by atoms with Crippen molar-refractivity contribution in [2.45, 2.75) is 6.42 Å². The van der Waals surface area contributed by atoms with Gasteiger partial charge in [-0.25, -0.2) is 0 Å². The lowest BCUT2D eigenvalue weighted by Crippen LogP contribution is -2.44. The Kier molecular flexibility index (Phi) is 6.10. The number of nitrogens with zero attached hydrogens (tertiary/aromatic N) is 1. The van der Waals surface area contributed by atoms with Gasteiger partial charge < -0.3 is 15.5 Å². The van der Waals surface area contributed by atoms with Crippen LogP contribution < -0.4 is 10.6 Å². The number of piperazine rings is 1. The predicted molar refractivity (Wildman–Crippen MR) is 82.7 cm³/mol. The summed E-state index contributed by atoms with van der Waals surface area (Å²) in [6, 6.07) is 4.90. The molecule has 0 aromatic heterocycles. The fourth-order valence-corrected chi connectivity index (χ4v) is 2.70. The minimum Gasteiger partial charge on any atom is -0.352 e. The molecule has 20 heavy (non-hydrogen) atoms. The third kappa shape index (κ3) is 4.63. The monoisotopic (exact) mass is 315 g/mol. The second-order valence-electron chi connectivity index (χ2n) is 4.83. The third-order valence-electron chi connectivity index (χ3n) is 3.32. The molecule has 0 spiro atoms. The van der Waals surface area contributed by atoms with Crippen LogP contribution in [0.15, 0.2) is 18.2 Å². The minimum absolute atomic E-state index is 0.146. The van der Waals surface area contributed by atoms with Crippen LogP contribution in [0.2, 0.25) is 10.0 Å². The smallest absolute Gasteiger partial charge is 0.252 e. The summed E-state index contributed by atoms with van der Waals surface area (Å²) in [6.45, 7) is 5.92. The Morgan fingerprint density at radius 1 is 1.30 bits per heavy atom. The van der Waals surface area contributed by atoms with Crippen molar-refractivity contribution in [2.24, 2.45) is 0 Å². The molecule has 1 amide bonds. The van der Waals surface area contributed by atoms with E-state index in [2.05, 4.69) is 15.5 Å². The number of halogens is 2. The molecule has 1 aliphatic rings. The fraction of sp³-hybridized carbons (Fsp3) is 0.500. The zero-order valence-corrected chi connectivity index (χ0v) is 12.8. The van der Waals surface area contributed by atoms with Crippen molar-refractivity contribution in [3.8, 4) is 0 Å². The van der Waals surface area contributed by atoms with Crippen molar-refractivity contribution in [2.75, 3.05) is 39.3 Å². The van der Waals surface area contributed by atoms with Crippen LogP contribution in [0.25, 0.3) is 0 Å². The molecule has 2 N–H and O–H groups in total. The van der Waals surface area contributed by atoms with Crippen LogP contribution in [0.5, 0.6) is 0 Å². The highest BCUT2D eigenvalue weighted by atomic mass is 35.5. The number of carbonyl (C=O) groups excluding carboxylic acids is 1. The Bertz CT molecular complexity index is 462. The number of hydrogen-bond acceptors (Lipinski definition) is 3. The molecule has 0 radical (unpaired) electrons.